The van der Waals surface area contributed by atoms with Gasteiger partial charge in [-0.15, -0.1) is 0 Å². The van der Waals surface area contributed by atoms with E-state index in [0.29, 0.717) is 0 Å². The summed E-state index contributed by atoms with van der Waals surface area (Å²) in [6.07, 6.45) is 0. The predicted molar refractivity (Wildman–Crippen MR) is 331 cm³/mol. The van der Waals surface area contributed by atoms with Crippen LogP contribution in [0.1, 0.15) is 79.0 Å². The van der Waals surface area contributed by atoms with Gasteiger partial charge in [-0.2, -0.15) is 0 Å². The van der Waals surface area contributed by atoms with Gasteiger partial charge in [-0.05, 0) is 151 Å². The van der Waals surface area contributed by atoms with Crippen molar-refractivity contribution >= 4 is 118 Å². The van der Waals surface area contributed by atoms with Crippen molar-refractivity contribution in [1.82, 2.24) is 0 Å². The molecule has 4 heterocycles. The zero-order valence-electron chi connectivity index (χ0n) is 45.9. The first-order valence-electron chi connectivity index (χ1n) is 27.5. The van der Waals surface area contributed by atoms with Crippen LogP contribution in [0.2, 0.25) is 0 Å². The van der Waals surface area contributed by atoms with E-state index in [-0.39, 0.29) is 23.0 Å². The van der Waals surface area contributed by atoms with Crippen molar-refractivity contribution in [1.29, 1.82) is 0 Å². The fraction of sp³-hybridized carbons (Fsp3) is 0.167. The average Bonchev–Trinajstić information content (AvgIpc) is 4.10. The Morgan fingerprint density at radius 3 is 1.33 bits per heavy atom. The summed E-state index contributed by atoms with van der Waals surface area (Å²) in [6.45, 7) is 20.6. The van der Waals surface area contributed by atoms with E-state index in [4.69, 9.17) is 8.83 Å². The van der Waals surface area contributed by atoms with E-state index < -0.39 is 0 Å². The standard InChI is InChI=1S/C72H62BN3O2/c1-70(2,3)47-24-28-50(29-25-47)74(51-30-26-48(27-31-51)71(4,5)6)52-34-37-59-62(42-52)76(54-33-36-58-56-20-14-16-22-66(56)78-68(58)44-54)64-41-49(72(7,8)9)40-63-69(64)73(59)60-39-46(45-17-11-10-12-18-45)23-38-61(60)75(63)53-32-35-57-55-19-13-15-21-65(55)77-67(57)43-53/h10-44H,1-9H3. The lowest BCUT2D eigenvalue weighted by molar-refractivity contribution is 0.590. The molecule has 2 aliphatic heterocycles. The molecule has 0 N–H and O–H groups in total. The second-order valence-corrected chi connectivity index (χ2v) is 24.7. The molecule has 0 saturated carbocycles. The van der Waals surface area contributed by atoms with Crippen molar-refractivity contribution in [3.05, 3.63) is 229 Å². The quantitative estimate of drug-likeness (QED) is 0.155. The van der Waals surface area contributed by atoms with Crippen LogP contribution in [0.25, 0.3) is 55.0 Å². The Morgan fingerprint density at radius 2 is 0.808 bits per heavy atom. The molecule has 10 aromatic carbocycles. The number of rotatable bonds is 6. The number of hydrogen-bond acceptors (Lipinski definition) is 5. The van der Waals surface area contributed by atoms with Crippen LogP contribution in [-0.2, 0) is 16.2 Å². The van der Waals surface area contributed by atoms with E-state index in [1.807, 2.05) is 6.07 Å². The summed E-state index contributed by atoms with van der Waals surface area (Å²) < 4.78 is 13.4. The monoisotopic (exact) mass is 1010 g/mol. The van der Waals surface area contributed by atoms with Gasteiger partial charge in [0.05, 0.1) is 0 Å². The van der Waals surface area contributed by atoms with Gasteiger partial charge in [-0.3, -0.25) is 0 Å². The summed E-state index contributed by atoms with van der Waals surface area (Å²) in [5.41, 5.74) is 23.1. The zero-order valence-corrected chi connectivity index (χ0v) is 45.9. The molecule has 14 rings (SSSR count). The zero-order chi connectivity index (χ0) is 53.4. The molecule has 0 spiro atoms. The summed E-state index contributed by atoms with van der Waals surface area (Å²) >= 11 is 0. The molecule has 0 atom stereocenters. The van der Waals surface area contributed by atoms with Crippen LogP contribution in [-0.4, -0.2) is 6.71 Å². The second kappa shape index (κ2) is 17.4. The van der Waals surface area contributed by atoms with Gasteiger partial charge in [-0.25, -0.2) is 0 Å². The minimum atomic E-state index is -0.210. The lowest BCUT2D eigenvalue weighted by atomic mass is 9.33. The summed E-state index contributed by atoms with van der Waals surface area (Å²) in [7, 11) is 0. The molecule has 0 unspecified atom stereocenters. The highest BCUT2D eigenvalue weighted by molar-refractivity contribution is 7.00. The van der Waals surface area contributed by atoms with E-state index in [1.165, 1.54) is 44.2 Å². The SMILES string of the molecule is CC(C)(C)c1ccc(N(c2ccc(C(C)(C)C)cc2)c2ccc3c(c2)N(c2ccc4c(c2)oc2ccccc24)c2cc(C(C)(C)C)cc4c2B3c2cc(-c3ccccc3)ccc2N4c2ccc3c(c2)oc2ccccc23)cc1. The molecule has 0 aliphatic carbocycles. The maximum Gasteiger partial charge on any atom is 0.252 e. The third-order valence-electron chi connectivity index (χ3n) is 16.5. The van der Waals surface area contributed by atoms with Crippen molar-refractivity contribution in [2.24, 2.45) is 0 Å². The number of fused-ring (bicyclic) bond motifs is 10. The van der Waals surface area contributed by atoms with E-state index >= 15 is 0 Å². The smallest absolute Gasteiger partial charge is 0.252 e. The molecule has 2 aromatic heterocycles. The molecule has 12 aromatic rings. The summed E-state index contributed by atoms with van der Waals surface area (Å²) in [4.78, 5) is 7.47. The van der Waals surface area contributed by atoms with E-state index in [1.54, 1.807) is 0 Å². The third kappa shape index (κ3) is 7.75. The van der Waals surface area contributed by atoms with Crippen molar-refractivity contribution in [3.63, 3.8) is 0 Å². The van der Waals surface area contributed by atoms with Gasteiger partial charge in [0.2, 0.25) is 0 Å². The normalized spacial score (nSPS) is 13.4. The fourth-order valence-corrected chi connectivity index (χ4v) is 12.3. The highest BCUT2D eigenvalue weighted by Gasteiger charge is 2.45. The molecule has 0 amide bonds. The molecule has 0 saturated heterocycles. The lowest BCUT2D eigenvalue weighted by Gasteiger charge is -2.45. The first-order valence-corrected chi connectivity index (χ1v) is 27.5. The Labute approximate surface area is 458 Å². The third-order valence-corrected chi connectivity index (χ3v) is 16.5. The average molecular weight is 1010 g/mol. The Balaban J connectivity index is 1.06. The fourth-order valence-electron chi connectivity index (χ4n) is 12.3. The van der Waals surface area contributed by atoms with Gasteiger partial charge >= 0.3 is 0 Å². The number of nitrogens with zero attached hydrogens (tertiary/aromatic N) is 3. The van der Waals surface area contributed by atoms with Crippen LogP contribution < -0.4 is 31.1 Å². The minimum Gasteiger partial charge on any atom is -0.456 e. The van der Waals surface area contributed by atoms with Crippen LogP contribution in [0.4, 0.5) is 51.2 Å². The summed E-state index contributed by atoms with van der Waals surface area (Å²) in [5, 5.41) is 4.44. The van der Waals surface area contributed by atoms with Crippen LogP contribution in [0.15, 0.2) is 221 Å². The van der Waals surface area contributed by atoms with E-state index in [2.05, 4.69) is 283 Å². The minimum absolute atomic E-state index is 0.00948. The van der Waals surface area contributed by atoms with Gasteiger partial charge in [0.25, 0.3) is 6.71 Å². The molecule has 78 heavy (non-hydrogen) atoms. The Kier molecular flexibility index (Phi) is 10.6. The van der Waals surface area contributed by atoms with Crippen LogP contribution >= 0.6 is 0 Å². The van der Waals surface area contributed by atoms with Crippen LogP contribution in [0.3, 0.4) is 0 Å². The number of benzene rings is 10. The summed E-state index contributed by atoms with van der Waals surface area (Å²) in [5.74, 6) is 0. The topological polar surface area (TPSA) is 36.0 Å². The Morgan fingerprint density at radius 1 is 0.333 bits per heavy atom. The van der Waals surface area contributed by atoms with Crippen molar-refractivity contribution in [2.75, 3.05) is 14.7 Å². The van der Waals surface area contributed by atoms with Crippen molar-refractivity contribution in [2.45, 2.75) is 78.6 Å². The maximum atomic E-state index is 6.74. The van der Waals surface area contributed by atoms with Crippen LogP contribution in [0, 0.1) is 0 Å². The molecular weight excluding hydrogens is 950 g/mol. The van der Waals surface area contributed by atoms with Crippen molar-refractivity contribution < 1.29 is 8.83 Å². The second-order valence-electron chi connectivity index (χ2n) is 24.7. The van der Waals surface area contributed by atoms with E-state index in [9.17, 15) is 0 Å². The first kappa shape index (κ1) is 47.7. The molecule has 6 heteroatoms. The van der Waals surface area contributed by atoms with E-state index in [0.717, 1.165) is 95.1 Å². The molecule has 0 radical (unpaired) electrons. The molecular formula is C72H62BN3O2. The molecule has 380 valence electrons. The van der Waals surface area contributed by atoms with Gasteiger partial charge in [-0.1, -0.05) is 172 Å². The van der Waals surface area contributed by atoms with Gasteiger partial charge in [0, 0.05) is 84.9 Å². The molecule has 2 aliphatic rings. The van der Waals surface area contributed by atoms with Gasteiger partial charge in [0.15, 0.2) is 0 Å². The highest BCUT2D eigenvalue weighted by Crippen LogP contribution is 2.50. The predicted octanol–water partition coefficient (Wildman–Crippen LogP) is 18.6. The first-order chi connectivity index (χ1) is 37.5. The highest BCUT2D eigenvalue weighted by atomic mass is 16.3. The number of para-hydroxylation sites is 2. The molecule has 0 fully saturated rings. The lowest BCUT2D eigenvalue weighted by Crippen LogP contribution is -2.61. The number of hydrogen-bond donors (Lipinski definition) is 0. The largest absolute Gasteiger partial charge is 0.456 e. The van der Waals surface area contributed by atoms with Gasteiger partial charge < -0.3 is 23.5 Å². The Bertz CT molecular complexity index is 4280. The molecule has 5 nitrogen and oxygen atoms in total. The summed E-state index contributed by atoms with van der Waals surface area (Å²) in [6, 6.07) is 78.8. The van der Waals surface area contributed by atoms with Crippen LogP contribution in [0.5, 0.6) is 0 Å². The van der Waals surface area contributed by atoms with Gasteiger partial charge in [0.1, 0.15) is 22.3 Å². The number of furan rings is 2. The number of anilines is 9. The van der Waals surface area contributed by atoms with Crippen molar-refractivity contribution in [3.8, 4) is 11.1 Å². The maximum absolute atomic E-state index is 6.74. The Hall–Kier alpha value is -8.74. The molecule has 0 bridgehead atoms.